The van der Waals surface area contributed by atoms with E-state index in [9.17, 15) is 4.79 Å². The summed E-state index contributed by atoms with van der Waals surface area (Å²) >= 11 is 1.60. The first-order valence-corrected chi connectivity index (χ1v) is 7.42. The van der Waals surface area contributed by atoms with Gasteiger partial charge in [-0.25, -0.2) is 4.98 Å². The third-order valence-corrected chi connectivity index (χ3v) is 4.03. The van der Waals surface area contributed by atoms with Crippen molar-refractivity contribution in [3.63, 3.8) is 0 Å². The Hall–Kier alpha value is -1.14. The second-order valence-electron chi connectivity index (χ2n) is 4.71. The van der Waals surface area contributed by atoms with Crippen molar-refractivity contribution in [1.29, 1.82) is 0 Å². The van der Waals surface area contributed by atoms with Gasteiger partial charge in [-0.05, 0) is 26.1 Å². The Morgan fingerprint density at radius 2 is 2.09 bits per heavy atom. The maximum absolute atomic E-state index is 12.3. The molecule has 1 aromatic heterocycles. The van der Waals surface area contributed by atoms with Gasteiger partial charge in [-0.15, -0.1) is 36.2 Å². The Morgan fingerprint density at radius 1 is 1.36 bits per heavy atom. The van der Waals surface area contributed by atoms with E-state index in [4.69, 9.17) is 0 Å². The fourth-order valence-electron chi connectivity index (χ4n) is 1.87. The van der Waals surface area contributed by atoms with Crippen LogP contribution in [0.2, 0.25) is 0 Å². The molecule has 1 aromatic carbocycles. The molecule has 0 spiro atoms. The Kier molecular flexibility index (Phi) is 9.28. The lowest BCUT2D eigenvalue weighted by atomic mass is 10.1. The number of amides is 1. The van der Waals surface area contributed by atoms with Crippen LogP contribution in [0.4, 0.5) is 0 Å². The van der Waals surface area contributed by atoms with Crippen LogP contribution >= 0.6 is 36.2 Å². The van der Waals surface area contributed by atoms with E-state index in [-0.39, 0.29) is 30.7 Å². The van der Waals surface area contributed by atoms with Gasteiger partial charge in [0.15, 0.2) is 0 Å². The molecule has 0 aliphatic rings. The summed E-state index contributed by atoms with van der Waals surface area (Å²) in [6.45, 7) is 3.45. The summed E-state index contributed by atoms with van der Waals surface area (Å²) < 4.78 is 0. The molecule has 0 aliphatic carbocycles. The minimum absolute atomic E-state index is 0. The molecule has 1 amide bonds. The highest BCUT2D eigenvalue weighted by Gasteiger charge is 2.12. The molecule has 122 valence electrons. The minimum Gasteiger partial charge on any atom is -0.340 e. The largest absolute Gasteiger partial charge is 0.340 e. The topological polar surface area (TPSA) is 45.2 Å². The van der Waals surface area contributed by atoms with Gasteiger partial charge in [0.1, 0.15) is 5.01 Å². The highest BCUT2D eigenvalue weighted by atomic mass is 35.5. The number of halogens is 2. The molecular weight excluding hydrogens is 341 g/mol. The van der Waals surface area contributed by atoms with Crippen molar-refractivity contribution in [2.75, 3.05) is 27.2 Å². The molecule has 0 radical (unpaired) electrons. The SMILES string of the molecule is CNCCN(C)C(=O)c1cccc(-c2nc(C)cs2)c1.Cl.Cl. The number of hydrogen-bond donors (Lipinski definition) is 1. The zero-order valence-electron chi connectivity index (χ0n) is 12.8. The molecule has 1 heterocycles. The maximum atomic E-state index is 12.3. The summed E-state index contributed by atoms with van der Waals surface area (Å²) in [7, 11) is 3.70. The molecule has 0 saturated carbocycles. The van der Waals surface area contributed by atoms with E-state index < -0.39 is 0 Å². The first kappa shape index (κ1) is 20.9. The lowest BCUT2D eigenvalue weighted by Gasteiger charge is -2.17. The molecule has 0 bridgehead atoms. The lowest BCUT2D eigenvalue weighted by Crippen LogP contribution is -2.32. The molecule has 0 saturated heterocycles. The van der Waals surface area contributed by atoms with Crippen LogP contribution in [-0.2, 0) is 0 Å². The van der Waals surface area contributed by atoms with E-state index in [1.165, 1.54) is 0 Å². The smallest absolute Gasteiger partial charge is 0.253 e. The van der Waals surface area contributed by atoms with Gasteiger partial charge in [0.25, 0.3) is 5.91 Å². The first-order chi connectivity index (χ1) is 9.61. The molecule has 22 heavy (non-hydrogen) atoms. The van der Waals surface area contributed by atoms with Crippen LogP contribution in [0, 0.1) is 6.92 Å². The lowest BCUT2D eigenvalue weighted by molar-refractivity contribution is 0.0797. The number of benzene rings is 1. The summed E-state index contributed by atoms with van der Waals surface area (Å²) in [6, 6.07) is 7.66. The van der Waals surface area contributed by atoms with E-state index in [1.807, 2.05) is 50.7 Å². The number of likely N-dealkylation sites (N-methyl/N-ethyl adjacent to an activating group) is 2. The number of rotatable bonds is 5. The minimum atomic E-state index is 0. The van der Waals surface area contributed by atoms with Crippen molar-refractivity contribution in [2.24, 2.45) is 0 Å². The summed E-state index contributed by atoms with van der Waals surface area (Å²) in [5, 5.41) is 6.01. The quantitative estimate of drug-likeness (QED) is 0.888. The van der Waals surface area contributed by atoms with Crippen molar-refractivity contribution in [3.8, 4) is 10.6 Å². The van der Waals surface area contributed by atoms with Gasteiger partial charge in [0, 0.05) is 42.3 Å². The fourth-order valence-corrected chi connectivity index (χ4v) is 2.67. The molecule has 2 aromatic rings. The maximum Gasteiger partial charge on any atom is 0.253 e. The second kappa shape index (κ2) is 9.79. The zero-order valence-corrected chi connectivity index (χ0v) is 15.3. The number of nitrogens with one attached hydrogen (secondary N) is 1. The Morgan fingerprint density at radius 3 is 2.68 bits per heavy atom. The molecule has 1 N–H and O–H groups in total. The van der Waals surface area contributed by atoms with Crippen molar-refractivity contribution in [2.45, 2.75) is 6.92 Å². The number of aryl methyl sites for hydroxylation is 1. The van der Waals surface area contributed by atoms with E-state index in [0.717, 1.165) is 22.8 Å². The zero-order chi connectivity index (χ0) is 14.5. The van der Waals surface area contributed by atoms with Gasteiger partial charge >= 0.3 is 0 Å². The average molecular weight is 362 g/mol. The number of aromatic nitrogens is 1. The highest BCUT2D eigenvalue weighted by Crippen LogP contribution is 2.24. The predicted molar refractivity (Wildman–Crippen MR) is 97.7 cm³/mol. The molecule has 2 rings (SSSR count). The number of carbonyl (C=O) groups is 1. The van der Waals surface area contributed by atoms with Crippen molar-refractivity contribution >= 4 is 42.1 Å². The van der Waals surface area contributed by atoms with Crippen LogP contribution in [0.1, 0.15) is 16.1 Å². The second-order valence-corrected chi connectivity index (χ2v) is 5.56. The van der Waals surface area contributed by atoms with Crippen LogP contribution in [0.15, 0.2) is 29.6 Å². The molecule has 0 aliphatic heterocycles. The summed E-state index contributed by atoms with van der Waals surface area (Å²) in [6.07, 6.45) is 0. The van der Waals surface area contributed by atoms with Gasteiger partial charge in [0.05, 0.1) is 0 Å². The van der Waals surface area contributed by atoms with E-state index in [1.54, 1.807) is 16.2 Å². The van der Waals surface area contributed by atoms with E-state index in [2.05, 4.69) is 10.3 Å². The number of nitrogens with zero attached hydrogens (tertiary/aromatic N) is 2. The monoisotopic (exact) mass is 361 g/mol. The normalized spacial score (nSPS) is 9.59. The van der Waals surface area contributed by atoms with Crippen LogP contribution in [0.5, 0.6) is 0 Å². The van der Waals surface area contributed by atoms with Crippen molar-refractivity contribution in [3.05, 3.63) is 40.9 Å². The molecule has 0 unspecified atom stereocenters. The number of hydrogen-bond acceptors (Lipinski definition) is 4. The van der Waals surface area contributed by atoms with Crippen molar-refractivity contribution < 1.29 is 4.79 Å². The van der Waals surface area contributed by atoms with Gasteiger partial charge in [-0.1, -0.05) is 12.1 Å². The van der Waals surface area contributed by atoms with Crippen LogP contribution < -0.4 is 5.32 Å². The number of thiazole rings is 1. The van der Waals surface area contributed by atoms with E-state index >= 15 is 0 Å². The van der Waals surface area contributed by atoms with Crippen LogP contribution in [0.3, 0.4) is 0 Å². The number of carbonyl (C=O) groups excluding carboxylic acids is 1. The molecule has 4 nitrogen and oxygen atoms in total. The summed E-state index contributed by atoms with van der Waals surface area (Å²) in [4.78, 5) is 18.5. The first-order valence-electron chi connectivity index (χ1n) is 6.54. The molecular formula is C15H21Cl2N3OS. The molecule has 0 atom stereocenters. The predicted octanol–water partition coefficient (Wildman–Crippen LogP) is 3.25. The fraction of sp³-hybridized carbons (Fsp3) is 0.333. The van der Waals surface area contributed by atoms with Gasteiger partial charge in [0.2, 0.25) is 0 Å². The average Bonchev–Trinajstić information content (AvgIpc) is 2.90. The van der Waals surface area contributed by atoms with Crippen LogP contribution in [0.25, 0.3) is 10.6 Å². The summed E-state index contributed by atoms with van der Waals surface area (Å²) in [5.41, 5.74) is 2.71. The van der Waals surface area contributed by atoms with Crippen LogP contribution in [-0.4, -0.2) is 43.0 Å². The Balaban J connectivity index is 0.00000220. The molecule has 0 fully saturated rings. The van der Waals surface area contributed by atoms with Gasteiger partial charge in [-0.3, -0.25) is 4.79 Å². The van der Waals surface area contributed by atoms with Gasteiger partial charge < -0.3 is 10.2 Å². The van der Waals surface area contributed by atoms with E-state index in [0.29, 0.717) is 12.1 Å². The highest BCUT2D eigenvalue weighted by molar-refractivity contribution is 7.13. The third-order valence-electron chi connectivity index (χ3n) is 3.02. The van der Waals surface area contributed by atoms with Crippen molar-refractivity contribution in [1.82, 2.24) is 15.2 Å². The van der Waals surface area contributed by atoms with Gasteiger partial charge in [-0.2, -0.15) is 0 Å². The summed E-state index contributed by atoms with van der Waals surface area (Å²) in [5.74, 6) is 0.0374. The molecule has 7 heteroatoms. The third kappa shape index (κ3) is 5.25. The standard InChI is InChI=1S/C15H19N3OS.2ClH/c1-11-10-20-14(17-11)12-5-4-6-13(9-12)15(19)18(3)8-7-16-2;;/h4-6,9-10,16H,7-8H2,1-3H3;2*1H. The Labute approximate surface area is 147 Å². The Bertz CT molecular complexity index is 604.